The predicted molar refractivity (Wildman–Crippen MR) is 50.3 cm³/mol. The van der Waals surface area contributed by atoms with Gasteiger partial charge in [-0.1, -0.05) is 12.8 Å². The van der Waals surface area contributed by atoms with Gasteiger partial charge in [0.15, 0.2) is 0 Å². The lowest BCUT2D eigenvalue weighted by Crippen LogP contribution is -2.34. The van der Waals surface area contributed by atoms with Crippen LogP contribution in [0.4, 0.5) is 0 Å². The van der Waals surface area contributed by atoms with Crippen LogP contribution in [0.15, 0.2) is 4.99 Å². The van der Waals surface area contributed by atoms with Crippen LogP contribution in [0.1, 0.15) is 25.7 Å². The Balaban J connectivity index is 2.73. The van der Waals surface area contributed by atoms with Crippen molar-refractivity contribution in [3.63, 3.8) is 0 Å². The van der Waals surface area contributed by atoms with Crippen molar-refractivity contribution >= 4 is 18.6 Å². The largest absolute Gasteiger partial charge is 0.373 e. The van der Waals surface area contributed by atoms with Gasteiger partial charge in [-0.15, -0.1) is 0 Å². The molecule has 1 aliphatic carbocycles. The Morgan fingerprint density at radius 1 is 1.29 bits per heavy atom. The van der Waals surface area contributed by atoms with E-state index in [0.717, 1.165) is 12.8 Å². The highest BCUT2D eigenvalue weighted by Crippen LogP contribution is 2.31. The average Bonchev–Trinajstić information content (AvgIpc) is 2.27. The predicted octanol–water partition coefficient (Wildman–Crippen LogP) is 0.437. The molecule has 5 heteroatoms. The second kappa shape index (κ2) is 4.85. The highest BCUT2D eigenvalue weighted by molar-refractivity contribution is 5.88. The molecule has 1 amide bonds. The van der Waals surface area contributed by atoms with Crippen molar-refractivity contribution in [3.8, 4) is 0 Å². The third kappa shape index (κ3) is 2.17. The zero-order valence-electron chi connectivity index (χ0n) is 7.94. The monoisotopic (exact) mass is 198 g/mol. The van der Waals surface area contributed by atoms with Crippen molar-refractivity contribution in [2.75, 3.05) is 0 Å². The highest BCUT2D eigenvalue weighted by atomic mass is 16.7. The molecule has 0 aromatic rings. The molecule has 14 heavy (non-hydrogen) atoms. The van der Waals surface area contributed by atoms with E-state index < -0.39 is 17.8 Å². The molecule has 0 spiro atoms. The molecule has 0 aliphatic heterocycles. The molecule has 1 fully saturated rings. The van der Waals surface area contributed by atoms with Gasteiger partial charge < -0.3 is 4.84 Å². The Labute approximate surface area is 82.3 Å². The summed E-state index contributed by atoms with van der Waals surface area (Å²) in [7, 11) is 0. The standard InChI is InChI=1S/C9H14N2O3/c1-11-8(12)6-4-2-3-5-7(6)9(13)14-10/h6-7H,1-5,10H2. The van der Waals surface area contributed by atoms with Crippen LogP contribution in [0.2, 0.25) is 0 Å². The first-order valence-corrected chi connectivity index (χ1v) is 4.62. The Morgan fingerprint density at radius 2 is 1.86 bits per heavy atom. The molecule has 0 heterocycles. The van der Waals surface area contributed by atoms with Crippen LogP contribution in [0.25, 0.3) is 0 Å². The number of aliphatic imine (C=N–C) groups is 1. The number of hydrogen-bond acceptors (Lipinski definition) is 4. The van der Waals surface area contributed by atoms with Gasteiger partial charge in [0.25, 0.3) is 0 Å². The molecule has 78 valence electrons. The Bertz CT molecular complexity index is 252. The molecule has 0 aromatic carbocycles. The number of hydrogen-bond donors (Lipinski definition) is 1. The van der Waals surface area contributed by atoms with Gasteiger partial charge in [0.05, 0.1) is 11.8 Å². The summed E-state index contributed by atoms with van der Waals surface area (Å²) in [6.45, 7) is 3.17. The number of rotatable bonds is 2. The van der Waals surface area contributed by atoms with Gasteiger partial charge in [0.1, 0.15) is 0 Å². The molecular weight excluding hydrogens is 184 g/mol. The van der Waals surface area contributed by atoms with E-state index in [4.69, 9.17) is 5.90 Å². The molecule has 1 saturated carbocycles. The number of nitrogens with two attached hydrogens (primary N) is 1. The summed E-state index contributed by atoms with van der Waals surface area (Å²) in [5.41, 5.74) is 0. The fraction of sp³-hybridized carbons (Fsp3) is 0.667. The quantitative estimate of drug-likeness (QED) is 0.515. The lowest BCUT2D eigenvalue weighted by molar-refractivity contribution is -0.154. The van der Waals surface area contributed by atoms with E-state index in [-0.39, 0.29) is 5.91 Å². The molecule has 2 atom stereocenters. The van der Waals surface area contributed by atoms with Crippen molar-refractivity contribution in [2.45, 2.75) is 25.7 Å². The van der Waals surface area contributed by atoms with Crippen molar-refractivity contribution in [1.29, 1.82) is 0 Å². The molecule has 0 bridgehead atoms. The molecule has 2 N–H and O–H groups in total. The molecule has 0 aromatic heterocycles. The third-order valence-corrected chi connectivity index (χ3v) is 2.66. The number of carbonyl (C=O) groups is 2. The Morgan fingerprint density at radius 3 is 2.36 bits per heavy atom. The first-order valence-electron chi connectivity index (χ1n) is 4.62. The second-order valence-corrected chi connectivity index (χ2v) is 3.43. The second-order valence-electron chi connectivity index (χ2n) is 3.43. The molecule has 1 aliphatic rings. The van der Waals surface area contributed by atoms with Crippen LogP contribution in [0.5, 0.6) is 0 Å². The highest BCUT2D eigenvalue weighted by Gasteiger charge is 2.36. The topological polar surface area (TPSA) is 81.8 Å². The van der Waals surface area contributed by atoms with E-state index in [9.17, 15) is 9.59 Å². The molecule has 0 saturated heterocycles. The van der Waals surface area contributed by atoms with Gasteiger partial charge >= 0.3 is 5.97 Å². The molecule has 1 rings (SSSR count). The summed E-state index contributed by atoms with van der Waals surface area (Å²) in [5, 5.41) is 0. The number of amides is 1. The van der Waals surface area contributed by atoms with Crippen LogP contribution in [-0.4, -0.2) is 18.6 Å². The van der Waals surface area contributed by atoms with Crippen LogP contribution < -0.4 is 5.90 Å². The van der Waals surface area contributed by atoms with Gasteiger partial charge in [-0.2, -0.15) is 5.90 Å². The van der Waals surface area contributed by atoms with Gasteiger partial charge in [0, 0.05) is 0 Å². The summed E-state index contributed by atoms with van der Waals surface area (Å²) in [6.07, 6.45) is 3.15. The maximum Gasteiger partial charge on any atom is 0.328 e. The van der Waals surface area contributed by atoms with Gasteiger partial charge in [-0.3, -0.25) is 9.59 Å². The van der Waals surface area contributed by atoms with Crippen LogP contribution in [0.3, 0.4) is 0 Å². The molecule has 0 radical (unpaired) electrons. The third-order valence-electron chi connectivity index (χ3n) is 2.66. The van der Waals surface area contributed by atoms with Gasteiger partial charge in [-0.25, -0.2) is 4.99 Å². The Kier molecular flexibility index (Phi) is 3.76. The fourth-order valence-electron chi connectivity index (χ4n) is 1.91. The zero-order chi connectivity index (χ0) is 10.6. The van der Waals surface area contributed by atoms with E-state index in [1.807, 2.05) is 0 Å². The molecule has 5 nitrogen and oxygen atoms in total. The summed E-state index contributed by atoms with van der Waals surface area (Å²) < 4.78 is 0. The first-order chi connectivity index (χ1) is 6.70. The zero-order valence-corrected chi connectivity index (χ0v) is 7.94. The van der Waals surface area contributed by atoms with Crippen molar-refractivity contribution < 1.29 is 14.4 Å². The molecular formula is C9H14N2O3. The summed E-state index contributed by atoms with van der Waals surface area (Å²) >= 11 is 0. The minimum atomic E-state index is -0.522. The molecule has 2 unspecified atom stereocenters. The maximum atomic E-state index is 11.3. The lowest BCUT2D eigenvalue weighted by Gasteiger charge is -2.26. The summed E-state index contributed by atoms with van der Waals surface area (Å²) in [5.74, 6) is 3.12. The lowest BCUT2D eigenvalue weighted by atomic mass is 9.79. The Hall–Kier alpha value is -1.23. The van der Waals surface area contributed by atoms with Crippen LogP contribution in [-0.2, 0) is 14.4 Å². The average molecular weight is 198 g/mol. The summed E-state index contributed by atoms with van der Waals surface area (Å²) in [6, 6.07) is 0. The van der Waals surface area contributed by atoms with Crippen molar-refractivity contribution in [1.82, 2.24) is 0 Å². The van der Waals surface area contributed by atoms with Crippen molar-refractivity contribution in [3.05, 3.63) is 0 Å². The minimum absolute atomic E-state index is 0.333. The normalized spacial score (nSPS) is 26.6. The maximum absolute atomic E-state index is 11.3. The minimum Gasteiger partial charge on any atom is -0.373 e. The van der Waals surface area contributed by atoms with E-state index in [1.54, 1.807) is 0 Å². The van der Waals surface area contributed by atoms with Gasteiger partial charge in [-0.05, 0) is 19.6 Å². The first kappa shape index (κ1) is 10.8. The van der Waals surface area contributed by atoms with E-state index in [0.29, 0.717) is 12.8 Å². The van der Waals surface area contributed by atoms with E-state index in [2.05, 4.69) is 16.5 Å². The summed E-state index contributed by atoms with van der Waals surface area (Å²) in [4.78, 5) is 30.1. The van der Waals surface area contributed by atoms with E-state index in [1.165, 1.54) is 0 Å². The van der Waals surface area contributed by atoms with E-state index >= 15 is 0 Å². The van der Waals surface area contributed by atoms with Crippen LogP contribution in [0, 0.1) is 11.8 Å². The number of nitrogens with zero attached hydrogens (tertiary/aromatic N) is 1. The van der Waals surface area contributed by atoms with Gasteiger partial charge in [0.2, 0.25) is 5.91 Å². The fourth-order valence-corrected chi connectivity index (χ4v) is 1.91. The van der Waals surface area contributed by atoms with Crippen LogP contribution >= 0.6 is 0 Å². The SMILES string of the molecule is C=NC(=O)C1CCCCC1C(=O)ON. The number of carbonyl (C=O) groups excluding carboxylic acids is 2. The van der Waals surface area contributed by atoms with Crippen molar-refractivity contribution in [2.24, 2.45) is 22.7 Å². The smallest absolute Gasteiger partial charge is 0.328 e.